The number of aliphatic hydroxyl groups excluding tert-OH is 2. The third-order valence-corrected chi connectivity index (χ3v) is 9.89. The van der Waals surface area contributed by atoms with Gasteiger partial charge in [0.2, 0.25) is 10.0 Å². The topological polar surface area (TPSA) is 136 Å². The zero-order chi connectivity index (χ0) is 34.4. The number of nitrogens with one attached hydrogen (secondary N) is 1. The third kappa shape index (κ3) is 9.10. The van der Waals surface area contributed by atoms with E-state index >= 15 is 0 Å². The van der Waals surface area contributed by atoms with E-state index in [1.165, 1.54) is 28.6 Å². The number of hydrogen-bond donors (Lipinski definition) is 3. The predicted molar refractivity (Wildman–Crippen MR) is 168 cm³/mol. The molecule has 0 bridgehead atoms. The highest BCUT2D eigenvalue weighted by Gasteiger charge is 2.40. The molecule has 0 saturated carbocycles. The van der Waals surface area contributed by atoms with Gasteiger partial charge in [0.1, 0.15) is 0 Å². The highest BCUT2D eigenvalue weighted by molar-refractivity contribution is 7.89. The van der Waals surface area contributed by atoms with E-state index in [1.807, 2.05) is 13.8 Å². The van der Waals surface area contributed by atoms with Gasteiger partial charge in [0.25, 0.3) is 5.91 Å². The molecule has 0 spiro atoms. The van der Waals surface area contributed by atoms with Gasteiger partial charge < -0.3 is 20.3 Å². The van der Waals surface area contributed by atoms with Crippen LogP contribution in [0.5, 0.6) is 0 Å². The van der Waals surface area contributed by atoms with Crippen molar-refractivity contribution in [3.63, 3.8) is 0 Å². The molecule has 1 aliphatic heterocycles. The van der Waals surface area contributed by atoms with Crippen molar-refractivity contribution in [3.05, 3.63) is 95.6 Å². The number of nitrogens with zero attached hydrogens (tertiary/aromatic N) is 2. The molecule has 254 valence electrons. The van der Waals surface area contributed by atoms with Crippen molar-refractivity contribution in [2.75, 3.05) is 24.5 Å². The van der Waals surface area contributed by atoms with Crippen molar-refractivity contribution < 1.29 is 46.1 Å². The first-order chi connectivity index (χ1) is 22.2. The Morgan fingerprint density at radius 3 is 2.23 bits per heavy atom. The smallest absolute Gasteiger partial charge is 0.416 e. The van der Waals surface area contributed by atoms with E-state index in [0.717, 1.165) is 34.7 Å². The summed E-state index contributed by atoms with van der Waals surface area (Å²) in [7, 11) is -4.10. The van der Waals surface area contributed by atoms with Crippen LogP contribution in [-0.4, -0.2) is 72.8 Å². The van der Waals surface area contributed by atoms with Crippen LogP contribution in [0.4, 0.5) is 23.7 Å². The molecule has 0 aliphatic carbocycles. The lowest BCUT2D eigenvalue weighted by Crippen LogP contribution is -2.53. The average Bonchev–Trinajstić information content (AvgIpc) is 3.45. The van der Waals surface area contributed by atoms with Crippen LogP contribution in [0, 0.1) is 5.92 Å². The maximum atomic E-state index is 13.8. The Bertz CT molecular complexity index is 1610. The lowest BCUT2D eigenvalue weighted by atomic mass is 10.0. The molecule has 47 heavy (non-hydrogen) atoms. The second-order valence-electron chi connectivity index (χ2n) is 11.5. The minimum atomic E-state index is -4.56. The van der Waals surface area contributed by atoms with Crippen LogP contribution in [0.25, 0.3) is 0 Å². The molecule has 4 atom stereocenters. The van der Waals surface area contributed by atoms with Gasteiger partial charge in [-0.15, -0.1) is 0 Å². The quantitative estimate of drug-likeness (QED) is 0.231. The molecule has 3 N–H and O–H groups in total. The molecule has 1 saturated heterocycles. The Morgan fingerprint density at radius 1 is 1.02 bits per heavy atom. The van der Waals surface area contributed by atoms with Crippen LogP contribution in [0.1, 0.15) is 37.0 Å². The second kappa shape index (κ2) is 15.3. The fraction of sp³-hybridized carbons (Fsp3) is 0.394. The molecule has 4 rings (SSSR count). The van der Waals surface area contributed by atoms with Gasteiger partial charge in [0.05, 0.1) is 35.8 Å². The van der Waals surface area contributed by atoms with Crippen molar-refractivity contribution in [1.82, 2.24) is 9.62 Å². The minimum Gasteiger partial charge on any atom is -0.434 e. The number of ether oxygens (including phenoxy) is 1. The molecule has 14 heteroatoms. The number of aliphatic hydroxyl groups is 2. The van der Waals surface area contributed by atoms with Gasteiger partial charge in [0.15, 0.2) is 6.10 Å². The van der Waals surface area contributed by atoms with E-state index in [1.54, 1.807) is 30.3 Å². The van der Waals surface area contributed by atoms with Crippen LogP contribution in [0.2, 0.25) is 0 Å². The van der Waals surface area contributed by atoms with E-state index in [-0.39, 0.29) is 49.2 Å². The van der Waals surface area contributed by atoms with Crippen LogP contribution in [0.3, 0.4) is 0 Å². The summed E-state index contributed by atoms with van der Waals surface area (Å²) in [5.41, 5.74) is 0.486. The van der Waals surface area contributed by atoms with Crippen LogP contribution >= 0.6 is 0 Å². The molecule has 1 heterocycles. The number of halogens is 3. The van der Waals surface area contributed by atoms with Crippen molar-refractivity contribution in [3.8, 4) is 0 Å². The lowest BCUT2D eigenvalue weighted by Gasteiger charge is -2.31. The van der Waals surface area contributed by atoms with Gasteiger partial charge in [0, 0.05) is 18.8 Å². The number of carbonyl (C=O) groups is 2. The molecule has 1 aliphatic rings. The van der Waals surface area contributed by atoms with E-state index in [0.29, 0.717) is 12.0 Å². The van der Waals surface area contributed by atoms with Crippen LogP contribution < -0.4 is 10.2 Å². The highest BCUT2D eigenvalue weighted by atomic mass is 32.2. The summed E-state index contributed by atoms with van der Waals surface area (Å²) < 4.78 is 72.9. The number of cyclic esters (lactones) is 1. The minimum absolute atomic E-state index is 0.0185. The Kier molecular flexibility index (Phi) is 11.7. The summed E-state index contributed by atoms with van der Waals surface area (Å²) in [5, 5.41) is 23.6. The largest absolute Gasteiger partial charge is 0.434 e. The van der Waals surface area contributed by atoms with Crippen LogP contribution in [-0.2, 0) is 38.8 Å². The summed E-state index contributed by atoms with van der Waals surface area (Å²) >= 11 is 0. The van der Waals surface area contributed by atoms with Gasteiger partial charge in [-0.05, 0) is 59.9 Å². The van der Waals surface area contributed by atoms with Crippen molar-refractivity contribution >= 4 is 27.7 Å². The van der Waals surface area contributed by atoms with E-state index in [2.05, 4.69) is 5.32 Å². The molecule has 0 aromatic heterocycles. The summed E-state index contributed by atoms with van der Waals surface area (Å²) in [4.78, 5) is 27.0. The number of hydrogen-bond acceptors (Lipinski definition) is 7. The normalized spacial score (nSPS) is 17.3. The summed E-state index contributed by atoms with van der Waals surface area (Å²) in [6.45, 7) is 2.97. The van der Waals surface area contributed by atoms with Gasteiger partial charge >= 0.3 is 12.3 Å². The molecule has 3 aromatic carbocycles. The number of sulfonamides is 1. The monoisotopic (exact) mass is 677 g/mol. The standard InChI is InChI=1S/C33H38F3N3O7S/c1-3-22(2)18-38(47(44,45)27-15-9-24(21-40)10-16-27)19-29(41)28(17-23-7-5-4-6-8-23)37-31(42)30-20-39(32(43)46-30)26-13-11-25(12-14-26)33(34,35)36/h4-16,22,28-30,40-41H,3,17-21H2,1-2H3,(H,37,42)/t22-,28-,29+,30-/m0/s1. The molecule has 2 amide bonds. The molecular formula is C33H38F3N3O7S. The van der Waals surface area contributed by atoms with Crippen molar-refractivity contribution in [2.24, 2.45) is 5.92 Å². The Balaban J connectivity index is 1.55. The van der Waals surface area contributed by atoms with Gasteiger partial charge in [-0.25, -0.2) is 13.2 Å². The highest BCUT2D eigenvalue weighted by Crippen LogP contribution is 2.31. The van der Waals surface area contributed by atoms with Gasteiger partial charge in [-0.1, -0.05) is 62.7 Å². The lowest BCUT2D eigenvalue weighted by molar-refractivity contribution is -0.137. The van der Waals surface area contributed by atoms with Gasteiger partial charge in [-0.2, -0.15) is 17.5 Å². The number of benzene rings is 3. The van der Waals surface area contributed by atoms with Crippen LogP contribution in [0.15, 0.2) is 83.8 Å². The SMILES string of the molecule is CC[C@H](C)CN(C[C@@H](O)[C@H](Cc1ccccc1)NC(=O)[C@@H]1CN(c2ccc(C(F)(F)F)cc2)C(=O)O1)S(=O)(=O)c1ccc(CO)cc1. The van der Waals surface area contributed by atoms with E-state index in [4.69, 9.17) is 4.74 Å². The molecule has 3 aromatic rings. The summed E-state index contributed by atoms with van der Waals surface area (Å²) in [6.07, 6.45) is -7.46. The Labute approximate surface area is 271 Å². The molecule has 0 unspecified atom stereocenters. The second-order valence-corrected chi connectivity index (χ2v) is 13.5. The molecule has 0 radical (unpaired) electrons. The maximum absolute atomic E-state index is 13.8. The van der Waals surface area contributed by atoms with Crippen molar-refractivity contribution in [1.29, 1.82) is 0 Å². The number of rotatable bonds is 14. The van der Waals surface area contributed by atoms with Crippen molar-refractivity contribution in [2.45, 2.75) is 62.6 Å². The first-order valence-electron chi connectivity index (χ1n) is 15.1. The molecular weight excluding hydrogens is 639 g/mol. The maximum Gasteiger partial charge on any atom is 0.416 e. The fourth-order valence-corrected chi connectivity index (χ4v) is 6.64. The van der Waals surface area contributed by atoms with Gasteiger partial charge in [-0.3, -0.25) is 9.69 Å². The number of alkyl halides is 3. The zero-order valence-electron chi connectivity index (χ0n) is 25.9. The van der Waals surface area contributed by atoms with E-state index < -0.39 is 52.0 Å². The Hall–Kier alpha value is -3.98. The summed E-state index contributed by atoms with van der Waals surface area (Å²) in [5.74, 6) is -0.825. The predicted octanol–water partition coefficient (Wildman–Crippen LogP) is 4.35. The first-order valence-corrected chi connectivity index (χ1v) is 16.5. The zero-order valence-corrected chi connectivity index (χ0v) is 26.7. The first kappa shape index (κ1) is 35.9. The number of amides is 2. The number of anilines is 1. The third-order valence-electron chi connectivity index (χ3n) is 8.05. The number of carbonyl (C=O) groups excluding carboxylic acids is 2. The van der Waals surface area contributed by atoms with E-state index in [9.17, 15) is 41.4 Å². The molecule has 10 nitrogen and oxygen atoms in total. The summed E-state index contributed by atoms with van der Waals surface area (Å²) in [6, 6.07) is 17.5. The Morgan fingerprint density at radius 2 is 1.66 bits per heavy atom. The fourth-order valence-electron chi connectivity index (χ4n) is 5.07. The average molecular weight is 678 g/mol. The molecule has 1 fully saturated rings.